The normalized spacial score (nSPS) is 10.5. The van der Waals surface area contributed by atoms with Gasteiger partial charge in [-0.25, -0.2) is 4.79 Å². The second-order valence-electron chi connectivity index (χ2n) is 4.95. The van der Waals surface area contributed by atoms with Crippen molar-refractivity contribution in [2.45, 2.75) is 26.4 Å². The van der Waals surface area contributed by atoms with Crippen LogP contribution < -0.4 is 5.32 Å². The molecule has 0 saturated heterocycles. The Morgan fingerprint density at radius 3 is 2.73 bits per heavy atom. The van der Waals surface area contributed by atoms with E-state index in [-0.39, 0.29) is 18.4 Å². The summed E-state index contributed by atoms with van der Waals surface area (Å²) in [6.45, 7) is 3.55. The minimum absolute atomic E-state index is 0.182. The fourth-order valence-corrected chi connectivity index (χ4v) is 2.66. The number of hydrogen-bond donors (Lipinski definition) is 1. The Balaban J connectivity index is 2.09. The summed E-state index contributed by atoms with van der Waals surface area (Å²) < 4.78 is 5.13. The highest BCUT2D eigenvalue weighted by Gasteiger charge is 2.13. The Morgan fingerprint density at radius 1 is 1.32 bits per heavy atom. The number of esters is 1. The molecule has 1 aromatic carbocycles. The fraction of sp³-hybridized carbons (Fsp3) is 0.250. The maximum Gasteiger partial charge on any atom is 0.338 e. The van der Waals surface area contributed by atoms with Crippen LogP contribution in [0.15, 0.2) is 35.7 Å². The van der Waals surface area contributed by atoms with Gasteiger partial charge < -0.3 is 10.1 Å². The number of carbonyl (C=O) groups is 2. The SMILES string of the molecule is CC(C)OC(=O)c1ccc(Cl)c(NC(=O)Cc2cccs2)c1. The van der Waals surface area contributed by atoms with Crippen molar-refractivity contribution in [1.82, 2.24) is 0 Å². The fourth-order valence-electron chi connectivity index (χ4n) is 1.80. The summed E-state index contributed by atoms with van der Waals surface area (Å²) in [7, 11) is 0. The molecule has 0 aliphatic carbocycles. The third-order valence-corrected chi connectivity index (χ3v) is 3.94. The van der Waals surface area contributed by atoms with Gasteiger partial charge in [0.15, 0.2) is 0 Å². The largest absolute Gasteiger partial charge is 0.459 e. The van der Waals surface area contributed by atoms with Gasteiger partial charge >= 0.3 is 5.97 Å². The lowest BCUT2D eigenvalue weighted by Crippen LogP contribution is -2.15. The molecular formula is C16H16ClNO3S. The van der Waals surface area contributed by atoms with Crippen LogP contribution in [0.25, 0.3) is 0 Å². The van der Waals surface area contributed by atoms with Crippen molar-refractivity contribution in [2.24, 2.45) is 0 Å². The summed E-state index contributed by atoms with van der Waals surface area (Å²) in [6.07, 6.45) is 0.0642. The first-order chi connectivity index (χ1) is 10.5. The monoisotopic (exact) mass is 337 g/mol. The van der Waals surface area contributed by atoms with E-state index in [1.54, 1.807) is 26.0 Å². The predicted octanol–water partition coefficient (Wildman–Crippen LogP) is 4.15. The number of benzene rings is 1. The van der Waals surface area contributed by atoms with Crippen LogP contribution in [-0.4, -0.2) is 18.0 Å². The van der Waals surface area contributed by atoms with Crippen molar-refractivity contribution in [1.29, 1.82) is 0 Å². The standard InChI is InChI=1S/C16H16ClNO3S/c1-10(2)21-16(20)11-5-6-13(17)14(8-11)18-15(19)9-12-4-3-7-22-12/h3-8,10H,9H2,1-2H3,(H,18,19). The van der Waals surface area contributed by atoms with Crippen LogP contribution in [0.4, 0.5) is 5.69 Å². The molecule has 1 amide bonds. The number of thiophene rings is 1. The molecule has 4 nitrogen and oxygen atoms in total. The van der Waals surface area contributed by atoms with Crippen LogP contribution in [0.5, 0.6) is 0 Å². The second-order valence-corrected chi connectivity index (χ2v) is 6.39. The first-order valence-corrected chi connectivity index (χ1v) is 8.04. The average molecular weight is 338 g/mol. The van der Waals surface area contributed by atoms with Crippen LogP contribution in [0.2, 0.25) is 5.02 Å². The topological polar surface area (TPSA) is 55.4 Å². The van der Waals surface area contributed by atoms with Crippen molar-refractivity contribution in [2.75, 3.05) is 5.32 Å². The Kier molecular flexibility index (Phi) is 5.57. The van der Waals surface area contributed by atoms with Gasteiger partial charge in [-0.05, 0) is 43.5 Å². The number of nitrogens with one attached hydrogen (secondary N) is 1. The van der Waals surface area contributed by atoms with E-state index >= 15 is 0 Å². The quantitative estimate of drug-likeness (QED) is 0.834. The number of ether oxygens (including phenoxy) is 1. The highest BCUT2D eigenvalue weighted by molar-refractivity contribution is 7.10. The molecule has 0 aliphatic heterocycles. The number of amides is 1. The van der Waals surface area contributed by atoms with Gasteiger partial charge in [0, 0.05) is 4.88 Å². The zero-order valence-corrected chi connectivity index (χ0v) is 13.8. The lowest BCUT2D eigenvalue weighted by atomic mass is 10.2. The van der Waals surface area contributed by atoms with E-state index < -0.39 is 5.97 Å². The molecule has 1 heterocycles. The van der Waals surface area contributed by atoms with Gasteiger partial charge in [0.1, 0.15) is 0 Å². The van der Waals surface area contributed by atoms with Crippen molar-refractivity contribution < 1.29 is 14.3 Å². The van der Waals surface area contributed by atoms with E-state index in [1.165, 1.54) is 17.4 Å². The van der Waals surface area contributed by atoms with Crippen LogP contribution in [0, 0.1) is 0 Å². The molecule has 6 heteroatoms. The molecule has 0 radical (unpaired) electrons. The molecule has 0 atom stereocenters. The summed E-state index contributed by atoms with van der Waals surface area (Å²) in [5.41, 5.74) is 0.756. The molecule has 0 unspecified atom stereocenters. The Labute approximate surface area is 138 Å². The van der Waals surface area contributed by atoms with Gasteiger partial charge in [0.25, 0.3) is 0 Å². The summed E-state index contributed by atoms with van der Waals surface area (Å²) in [5, 5.41) is 5.02. The van der Waals surface area contributed by atoms with Crippen LogP contribution in [0.3, 0.4) is 0 Å². The molecule has 0 spiro atoms. The van der Waals surface area contributed by atoms with Crippen molar-refractivity contribution in [3.63, 3.8) is 0 Å². The van der Waals surface area contributed by atoms with Gasteiger partial charge in [0.2, 0.25) is 5.91 Å². The van der Waals surface area contributed by atoms with Gasteiger partial charge in [0.05, 0.1) is 28.8 Å². The van der Waals surface area contributed by atoms with Crippen LogP contribution in [0.1, 0.15) is 29.1 Å². The van der Waals surface area contributed by atoms with Gasteiger partial charge in [-0.15, -0.1) is 11.3 Å². The maximum atomic E-state index is 12.0. The zero-order chi connectivity index (χ0) is 16.1. The number of anilines is 1. The maximum absolute atomic E-state index is 12.0. The number of hydrogen-bond acceptors (Lipinski definition) is 4. The molecule has 0 saturated carbocycles. The molecule has 2 aromatic rings. The summed E-state index contributed by atoms with van der Waals surface area (Å²) in [6, 6.07) is 8.45. The van der Waals surface area contributed by atoms with E-state index in [0.717, 1.165) is 4.88 Å². The molecule has 1 aromatic heterocycles. The minimum Gasteiger partial charge on any atom is -0.459 e. The van der Waals surface area contributed by atoms with E-state index in [4.69, 9.17) is 16.3 Å². The van der Waals surface area contributed by atoms with Crippen molar-refractivity contribution in [3.8, 4) is 0 Å². The lowest BCUT2D eigenvalue weighted by Gasteiger charge is -2.11. The molecule has 116 valence electrons. The number of rotatable bonds is 5. The third kappa shape index (κ3) is 4.58. The third-order valence-electron chi connectivity index (χ3n) is 2.73. The Bertz CT molecular complexity index is 668. The highest BCUT2D eigenvalue weighted by Crippen LogP contribution is 2.24. The van der Waals surface area contributed by atoms with Crippen molar-refractivity contribution in [3.05, 3.63) is 51.2 Å². The number of carbonyl (C=O) groups excluding carboxylic acids is 2. The summed E-state index contributed by atoms with van der Waals surface area (Å²) in [5.74, 6) is -0.626. The molecule has 22 heavy (non-hydrogen) atoms. The number of halogens is 1. The predicted molar refractivity (Wildman–Crippen MR) is 88.7 cm³/mol. The van der Waals surface area contributed by atoms with Crippen molar-refractivity contribution >= 4 is 40.5 Å². The molecule has 0 fully saturated rings. The molecule has 2 rings (SSSR count). The van der Waals surface area contributed by atoms with Gasteiger partial charge in [-0.2, -0.15) is 0 Å². The smallest absolute Gasteiger partial charge is 0.338 e. The van der Waals surface area contributed by atoms with Crippen LogP contribution in [-0.2, 0) is 16.0 Å². The molecule has 1 N–H and O–H groups in total. The van der Waals surface area contributed by atoms with E-state index in [2.05, 4.69) is 5.32 Å². The lowest BCUT2D eigenvalue weighted by molar-refractivity contribution is -0.115. The van der Waals surface area contributed by atoms with Crippen LogP contribution >= 0.6 is 22.9 Å². The minimum atomic E-state index is -0.444. The van der Waals surface area contributed by atoms with E-state index in [1.807, 2.05) is 17.5 Å². The summed E-state index contributed by atoms with van der Waals surface area (Å²) in [4.78, 5) is 24.9. The highest BCUT2D eigenvalue weighted by atomic mass is 35.5. The molecule has 0 aliphatic rings. The van der Waals surface area contributed by atoms with E-state index in [9.17, 15) is 9.59 Å². The summed E-state index contributed by atoms with van der Waals surface area (Å²) >= 11 is 7.58. The average Bonchev–Trinajstić information content (AvgIpc) is 2.93. The first-order valence-electron chi connectivity index (χ1n) is 6.78. The van der Waals surface area contributed by atoms with Gasteiger partial charge in [-0.1, -0.05) is 17.7 Å². The second kappa shape index (κ2) is 7.42. The Morgan fingerprint density at radius 2 is 2.09 bits per heavy atom. The molecular weight excluding hydrogens is 322 g/mol. The first kappa shape index (κ1) is 16.5. The van der Waals surface area contributed by atoms with E-state index in [0.29, 0.717) is 16.3 Å². The molecule has 0 bridgehead atoms. The Hall–Kier alpha value is -1.85. The van der Waals surface area contributed by atoms with Gasteiger partial charge in [-0.3, -0.25) is 4.79 Å². The zero-order valence-electron chi connectivity index (χ0n) is 12.3.